The van der Waals surface area contributed by atoms with E-state index in [0.717, 1.165) is 34.1 Å². The smallest absolute Gasteiger partial charge is 0.0558 e. The number of rotatable bonds is 10. The van der Waals surface area contributed by atoms with Gasteiger partial charge in [-0.1, -0.05) is 212 Å². The van der Waals surface area contributed by atoms with Crippen molar-refractivity contribution in [2.24, 2.45) is 5.92 Å². The van der Waals surface area contributed by atoms with Crippen molar-refractivity contribution >= 4 is 46.3 Å². The third kappa shape index (κ3) is 7.45. The second-order valence-electron chi connectivity index (χ2n) is 19.0. The molecule has 0 N–H and O–H groups in total. The van der Waals surface area contributed by atoms with Crippen LogP contribution in [-0.2, 0) is 0 Å². The highest BCUT2D eigenvalue weighted by atomic mass is 15.2. The van der Waals surface area contributed by atoms with E-state index in [2.05, 4.69) is 280 Å². The lowest BCUT2D eigenvalue weighted by molar-refractivity contribution is 0.664. The van der Waals surface area contributed by atoms with Gasteiger partial charge in [0.25, 0.3) is 0 Å². The van der Waals surface area contributed by atoms with Gasteiger partial charge in [-0.25, -0.2) is 0 Å². The van der Waals surface area contributed by atoms with Crippen molar-refractivity contribution < 1.29 is 0 Å². The van der Waals surface area contributed by atoms with Gasteiger partial charge in [0, 0.05) is 45.7 Å². The quantitative estimate of drug-likeness (QED) is 0.135. The van der Waals surface area contributed by atoms with Gasteiger partial charge in [0.15, 0.2) is 0 Å². The first-order valence-corrected chi connectivity index (χ1v) is 24.6. The maximum atomic E-state index is 2.59. The third-order valence-corrected chi connectivity index (χ3v) is 14.9. The molecule has 0 saturated carbocycles. The molecule has 2 nitrogen and oxygen atoms in total. The number of benzene rings is 9. The first-order chi connectivity index (χ1) is 34.4. The van der Waals surface area contributed by atoms with E-state index in [4.69, 9.17) is 0 Å². The summed E-state index contributed by atoms with van der Waals surface area (Å²) in [6, 6.07) is 73.5. The predicted octanol–water partition coefficient (Wildman–Crippen LogP) is 18.8. The van der Waals surface area contributed by atoms with E-state index >= 15 is 0 Å². The van der Waals surface area contributed by atoms with E-state index in [1.807, 2.05) is 0 Å². The van der Waals surface area contributed by atoms with Gasteiger partial charge in [-0.05, 0) is 136 Å². The van der Waals surface area contributed by atoms with Crippen LogP contribution in [0.1, 0.15) is 44.9 Å². The zero-order valence-corrected chi connectivity index (χ0v) is 40.1. The average Bonchev–Trinajstić information content (AvgIpc) is 3.41. The molecule has 2 unspecified atom stereocenters. The maximum absolute atomic E-state index is 2.59. The van der Waals surface area contributed by atoms with Gasteiger partial charge in [-0.15, -0.1) is 0 Å². The van der Waals surface area contributed by atoms with Crippen LogP contribution in [0.4, 0.5) is 34.1 Å². The van der Waals surface area contributed by atoms with Gasteiger partial charge < -0.3 is 9.80 Å². The van der Waals surface area contributed by atoms with E-state index < -0.39 is 0 Å². The Morgan fingerprint density at radius 3 is 1.29 bits per heavy atom. The molecule has 2 atom stereocenters. The summed E-state index contributed by atoms with van der Waals surface area (Å²) >= 11 is 0. The topological polar surface area (TPSA) is 6.48 Å². The standard InChI is InChI=1S/C68H54N2/c1-45-34-36-55(49-20-9-5-10-21-49)42-63(45)69(61-32-18-30-57(47(61)3)51-24-13-7-14-25-51)65-44-66(60-41-39-54-29-17-28-53-38-40-59(65)68(60)67(53)54)70(62-33-19-31-58(48(62)4)52-26-15-8-16-27-52)64-43-56(37-35-46(64)2)50-22-11-6-12-23-50/h5-44,53,67H,1-4H3. The molecule has 12 rings (SSSR count). The molecule has 0 fully saturated rings. The third-order valence-electron chi connectivity index (χ3n) is 14.9. The lowest BCUT2D eigenvalue weighted by Gasteiger charge is -2.41. The molecule has 9 aromatic carbocycles. The Kier molecular flexibility index (Phi) is 11.0. The molecule has 0 radical (unpaired) electrons. The van der Waals surface area contributed by atoms with Crippen LogP contribution in [0.2, 0.25) is 0 Å². The van der Waals surface area contributed by atoms with Crippen molar-refractivity contribution in [2.45, 2.75) is 33.6 Å². The summed E-state index contributed by atoms with van der Waals surface area (Å²) in [7, 11) is 0. The monoisotopic (exact) mass is 898 g/mol. The summed E-state index contributed by atoms with van der Waals surface area (Å²) in [6.07, 6.45) is 16.6. The van der Waals surface area contributed by atoms with Crippen LogP contribution in [-0.4, -0.2) is 0 Å². The molecule has 0 aliphatic heterocycles. The molecular formula is C68H54N2. The van der Waals surface area contributed by atoms with Crippen LogP contribution in [0.3, 0.4) is 0 Å². The predicted molar refractivity (Wildman–Crippen MR) is 298 cm³/mol. The molecule has 336 valence electrons. The first-order valence-electron chi connectivity index (χ1n) is 24.6. The number of aryl methyl sites for hydroxylation is 2. The van der Waals surface area contributed by atoms with E-state index in [1.54, 1.807) is 0 Å². The van der Waals surface area contributed by atoms with Gasteiger partial charge in [0.1, 0.15) is 0 Å². The number of hydrogen-bond donors (Lipinski definition) is 0. The first kappa shape index (κ1) is 42.9. The lowest BCUT2D eigenvalue weighted by atomic mass is 9.68. The molecular weight excluding hydrogens is 845 g/mol. The Hall–Kier alpha value is -8.46. The zero-order valence-electron chi connectivity index (χ0n) is 40.1. The highest BCUT2D eigenvalue weighted by Gasteiger charge is 2.38. The summed E-state index contributed by atoms with van der Waals surface area (Å²) in [5, 5.41) is 0. The molecule has 3 aliphatic carbocycles. The minimum atomic E-state index is 0.161. The highest BCUT2D eigenvalue weighted by Crippen LogP contribution is 2.57. The van der Waals surface area contributed by atoms with Crippen molar-refractivity contribution in [1.29, 1.82) is 0 Å². The lowest BCUT2D eigenvalue weighted by Crippen LogP contribution is -2.25. The highest BCUT2D eigenvalue weighted by molar-refractivity contribution is 5.99. The number of nitrogens with zero attached hydrogens (tertiary/aromatic N) is 2. The van der Waals surface area contributed by atoms with Crippen LogP contribution in [0.15, 0.2) is 236 Å². The summed E-state index contributed by atoms with van der Waals surface area (Å²) in [5.74, 6) is 0.396. The summed E-state index contributed by atoms with van der Waals surface area (Å²) in [5.41, 5.74) is 26.5. The minimum Gasteiger partial charge on any atom is -0.309 e. The molecule has 0 bridgehead atoms. The Morgan fingerprint density at radius 1 is 0.343 bits per heavy atom. The van der Waals surface area contributed by atoms with Gasteiger partial charge >= 0.3 is 0 Å². The molecule has 0 saturated heterocycles. The van der Waals surface area contributed by atoms with E-state index in [0.29, 0.717) is 0 Å². The van der Waals surface area contributed by atoms with Gasteiger partial charge in [-0.3, -0.25) is 0 Å². The second-order valence-corrected chi connectivity index (χ2v) is 19.0. The number of hydrogen-bond acceptors (Lipinski definition) is 2. The Labute approximate surface area is 413 Å². The van der Waals surface area contributed by atoms with Gasteiger partial charge in [0.2, 0.25) is 0 Å². The fourth-order valence-corrected chi connectivity index (χ4v) is 11.3. The number of allylic oxidation sites excluding steroid dienone is 6. The van der Waals surface area contributed by atoms with Crippen LogP contribution >= 0.6 is 0 Å². The maximum Gasteiger partial charge on any atom is 0.0558 e. The second kappa shape index (κ2) is 17.9. The Morgan fingerprint density at radius 2 is 0.800 bits per heavy atom. The molecule has 0 spiro atoms. The normalized spacial score (nSPS) is 15.1. The summed E-state index contributed by atoms with van der Waals surface area (Å²) < 4.78 is 0. The van der Waals surface area contributed by atoms with Crippen molar-refractivity contribution in [1.82, 2.24) is 0 Å². The van der Waals surface area contributed by atoms with Crippen LogP contribution < -0.4 is 9.80 Å². The van der Waals surface area contributed by atoms with Crippen LogP contribution in [0.5, 0.6) is 0 Å². The van der Waals surface area contributed by atoms with Gasteiger partial charge in [0.05, 0.1) is 11.4 Å². The van der Waals surface area contributed by atoms with E-state index in [-0.39, 0.29) is 11.8 Å². The fourth-order valence-electron chi connectivity index (χ4n) is 11.3. The minimum absolute atomic E-state index is 0.161. The largest absolute Gasteiger partial charge is 0.309 e. The van der Waals surface area contributed by atoms with Crippen molar-refractivity contribution in [3.05, 3.63) is 275 Å². The van der Waals surface area contributed by atoms with E-state index in [9.17, 15) is 0 Å². The van der Waals surface area contributed by atoms with Crippen molar-refractivity contribution in [3.8, 4) is 44.5 Å². The Bertz CT molecular complexity index is 3570. The van der Waals surface area contributed by atoms with Crippen LogP contribution in [0.25, 0.3) is 56.7 Å². The van der Waals surface area contributed by atoms with Crippen molar-refractivity contribution in [3.63, 3.8) is 0 Å². The molecule has 0 amide bonds. The average molecular weight is 899 g/mol. The molecule has 0 heterocycles. The fraction of sp³-hybridized carbons (Fsp3) is 0.0882. The van der Waals surface area contributed by atoms with Crippen LogP contribution in [0, 0.1) is 33.6 Å². The molecule has 0 aromatic heterocycles. The summed E-state index contributed by atoms with van der Waals surface area (Å²) in [4.78, 5) is 5.18. The summed E-state index contributed by atoms with van der Waals surface area (Å²) in [6.45, 7) is 9.14. The van der Waals surface area contributed by atoms with Gasteiger partial charge in [-0.2, -0.15) is 0 Å². The molecule has 3 aliphatic rings. The van der Waals surface area contributed by atoms with E-state index in [1.165, 1.54) is 89.0 Å². The number of anilines is 6. The zero-order chi connectivity index (χ0) is 47.3. The SMILES string of the molecule is Cc1ccc(-c2ccccc2)cc1N(c1cccc(-c2ccccc2)c1C)c1cc(N(c2cc(-c3ccccc3)ccc2C)c2cccc(-c3ccccc3)c2C)c2c3c1C=CC1=CC=CC(C=C2)C13. The molecule has 2 heteroatoms. The van der Waals surface area contributed by atoms with Crippen molar-refractivity contribution in [2.75, 3.05) is 9.80 Å². The molecule has 9 aromatic rings. The Balaban J connectivity index is 1.20. The molecule has 70 heavy (non-hydrogen) atoms.